The molecule has 0 aliphatic heterocycles. The molecule has 0 saturated carbocycles. The Bertz CT molecular complexity index is 359. The summed E-state index contributed by atoms with van der Waals surface area (Å²) < 4.78 is 0. The molecule has 0 rings (SSSR count). The van der Waals surface area contributed by atoms with Gasteiger partial charge in [-0.2, -0.15) is 0 Å². The smallest absolute Gasteiger partial charge is 0.0716 e. The maximum absolute atomic E-state index is 10.5. The summed E-state index contributed by atoms with van der Waals surface area (Å²) in [7, 11) is 0. The van der Waals surface area contributed by atoms with Crippen molar-refractivity contribution in [3.05, 3.63) is 50.6 Å². The van der Waals surface area contributed by atoms with E-state index >= 15 is 0 Å². The van der Waals surface area contributed by atoms with Crippen molar-refractivity contribution in [3.8, 4) is 0 Å². The third-order valence-corrected chi connectivity index (χ3v) is 5.09. The van der Waals surface area contributed by atoms with Gasteiger partial charge in [0.25, 0.3) is 0 Å². The van der Waals surface area contributed by atoms with Gasteiger partial charge in [0, 0.05) is 0 Å². The molecule has 27 heavy (non-hydrogen) atoms. The average Bonchev–Trinajstić information content (AvgIpc) is 2.60. The van der Waals surface area contributed by atoms with E-state index in [-0.39, 0.29) is 0 Å². The van der Waals surface area contributed by atoms with E-state index < -0.39 is 11.2 Å². The van der Waals surface area contributed by atoms with E-state index in [2.05, 4.69) is 31.6 Å². The molecule has 3 nitrogen and oxygen atoms in total. The average molecular weight is 378 g/mol. The summed E-state index contributed by atoms with van der Waals surface area (Å²) >= 11 is 0. The Labute approximate surface area is 168 Å². The molecule has 0 atom stereocenters. The number of hydrogen-bond acceptors (Lipinski definition) is 3. The van der Waals surface area contributed by atoms with E-state index in [1.165, 1.54) is 0 Å². The lowest BCUT2D eigenvalue weighted by atomic mass is 9.89. The molecule has 0 amide bonds. The first-order chi connectivity index (χ1) is 12.9. The number of rotatable bonds is 20. The Kier molecular flexibility index (Phi) is 15.2. The van der Waals surface area contributed by atoms with Gasteiger partial charge in [-0.25, -0.2) is 0 Å². The Morgan fingerprint density at radius 3 is 1.19 bits per heavy atom. The number of hydrogen-bond donors (Lipinski definition) is 3. The van der Waals surface area contributed by atoms with Gasteiger partial charge in [0.2, 0.25) is 0 Å². The highest BCUT2D eigenvalue weighted by Gasteiger charge is 2.23. The lowest BCUT2D eigenvalue weighted by Gasteiger charge is -2.25. The molecule has 3 N–H and O–H groups in total. The van der Waals surface area contributed by atoms with Crippen molar-refractivity contribution in [2.45, 2.75) is 88.3 Å². The van der Waals surface area contributed by atoms with Crippen LogP contribution in [0.15, 0.2) is 50.6 Å². The van der Waals surface area contributed by atoms with E-state index in [0.29, 0.717) is 25.7 Å². The SMILES string of the molecule is C=CCC(O)(CC=C)CCCCCNCCCCCC(O)(CC=C)CC=C. The molecule has 0 saturated heterocycles. The Morgan fingerprint density at radius 2 is 0.889 bits per heavy atom. The largest absolute Gasteiger partial charge is 0.389 e. The van der Waals surface area contributed by atoms with Gasteiger partial charge in [0.1, 0.15) is 0 Å². The van der Waals surface area contributed by atoms with E-state index in [1.807, 2.05) is 0 Å². The van der Waals surface area contributed by atoms with E-state index in [9.17, 15) is 10.2 Å². The molecule has 0 fully saturated rings. The molecular weight excluding hydrogens is 334 g/mol. The van der Waals surface area contributed by atoms with E-state index in [4.69, 9.17) is 0 Å². The van der Waals surface area contributed by atoms with Gasteiger partial charge in [-0.1, -0.05) is 50.0 Å². The van der Waals surface area contributed by atoms with Crippen molar-refractivity contribution >= 4 is 0 Å². The van der Waals surface area contributed by atoms with Gasteiger partial charge in [-0.3, -0.25) is 0 Å². The third-order valence-electron chi connectivity index (χ3n) is 5.09. The molecule has 3 heteroatoms. The maximum atomic E-state index is 10.5. The van der Waals surface area contributed by atoms with Gasteiger partial charge in [-0.05, 0) is 64.5 Å². The second-order valence-corrected chi connectivity index (χ2v) is 7.79. The van der Waals surface area contributed by atoms with Crippen LogP contribution < -0.4 is 5.32 Å². The molecule has 0 aromatic heterocycles. The molecule has 0 aromatic rings. The summed E-state index contributed by atoms with van der Waals surface area (Å²) in [5.41, 5.74) is -1.31. The van der Waals surface area contributed by atoms with Crippen LogP contribution in [0.5, 0.6) is 0 Å². The first-order valence-corrected chi connectivity index (χ1v) is 10.5. The minimum Gasteiger partial charge on any atom is -0.389 e. The fourth-order valence-corrected chi connectivity index (χ4v) is 3.54. The zero-order valence-corrected chi connectivity index (χ0v) is 17.4. The van der Waals surface area contributed by atoms with Crippen LogP contribution in [0.1, 0.15) is 77.0 Å². The van der Waals surface area contributed by atoms with Gasteiger partial charge in [-0.15, -0.1) is 26.3 Å². The summed E-state index contributed by atoms with van der Waals surface area (Å²) in [5.74, 6) is 0. The maximum Gasteiger partial charge on any atom is 0.0716 e. The van der Waals surface area contributed by atoms with Crippen molar-refractivity contribution in [2.75, 3.05) is 13.1 Å². The van der Waals surface area contributed by atoms with Crippen LogP contribution in [-0.4, -0.2) is 34.5 Å². The summed E-state index contributed by atoms with van der Waals surface area (Å²) in [6.45, 7) is 17.0. The standard InChI is InChI=1S/C24H43NO2/c1-5-15-23(26,16-6-2)19-11-9-13-21-25-22-14-10-12-20-24(27,17-7-3)18-8-4/h5-8,25-27H,1-4,9-22H2. The predicted molar refractivity (Wildman–Crippen MR) is 119 cm³/mol. The van der Waals surface area contributed by atoms with E-state index in [0.717, 1.165) is 64.5 Å². The third kappa shape index (κ3) is 13.6. The highest BCUT2D eigenvalue weighted by Crippen LogP contribution is 2.24. The summed E-state index contributed by atoms with van der Waals surface area (Å²) in [6, 6.07) is 0. The van der Waals surface area contributed by atoms with Crippen molar-refractivity contribution in [3.63, 3.8) is 0 Å². The number of aliphatic hydroxyl groups is 2. The van der Waals surface area contributed by atoms with Crippen LogP contribution in [-0.2, 0) is 0 Å². The van der Waals surface area contributed by atoms with Gasteiger partial charge in [0.15, 0.2) is 0 Å². The first-order valence-electron chi connectivity index (χ1n) is 10.5. The fourth-order valence-electron chi connectivity index (χ4n) is 3.54. The first kappa shape index (κ1) is 25.8. The van der Waals surface area contributed by atoms with Gasteiger partial charge < -0.3 is 15.5 Å². The molecule has 0 aromatic carbocycles. The minimum absolute atomic E-state index is 0.631. The van der Waals surface area contributed by atoms with Crippen LogP contribution in [0, 0.1) is 0 Å². The van der Waals surface area contributed by atoms with Gasteiger partial charge >= 0.3 is 0 Å². The monoisotopic (exact) mass is 377 g/mol. The molecule has 156 valence electrons. The zero-order valence-electron chi connectivity index (χ0n) is 17.4. The number of unbranched alkanes of at least 4 members (excludes halogenated alkanes) is 4. The molecule has 0 aliphatic carbocycles. The molecule has 0 heterocycles. The topological polar surface area (TPSA) is 52.5 Å². The summed E-state index contributed by atoms with van der Waals surface area (Å²) in [5, 5.41) is 24.4. The molecule has 0 bridgehead atoms. The highest BCUT2D eigenvalue weighted by molar-refractivity contribution is 4.92. The van der Waals surface area contributed by atoms with Crippen LogP contribution >= 0.6 is 0 Å². The van der Waals surface area contributed by atoms with Crippen LogP contribution in [0.25, 0.3) is 0 Å². The normalized spacial score (nSPS) is 11.9. The van der Waals surface area contributed by atoms with Crippen molar-refractivity contribution < 1.29 is 10.2 Å². The second kappa shape index (κ2) is 15.9. The molecule has 0 spiro atoms. The summed E-state index contributed by atoms with van der Waals surface area (Å²) in [4.78, 5) is 0. The molecule has 0 aliphatic rings. The van der Waals surface area contributed by atoms with E-state index in [1.54, 1.807) is 24.3 Å². The van der Waals surface area contributed by atoms with Crippen molar-refractivity contribution in [2.24, 2.45) is 0 Å². The van der Waals surface area contributed by atoms with Crippen molar-refractivity contribution in [1.29, 1.82) is 0 Å². The summed E-state index contributed by atoms with van der Waals surface area (Å²) in [6.07, 6.45) is 17.9. The second-order valence-electron chi connectivity index (χ2n) is 7.79. The zero-order chi connectivity index (χ0) is 20.4. The van der Waals surface area contributed by atoms with Gasteiger partial charge in [0.05, 0.1) is 11.2 Å². The Morgan fingerprint density at radius 1 is 0.556 bits per heavy atom. The van der Waals surface area contributed by atoms with Crippen LogP contribution in [0.2, 0.25) is 0 Å². The molecular formula is C24H43NO2. The fraction of sp³-hybridized carbons (Fsp3) is 0.667. The Balaban J connectivity index is 3.64. The number of nitrogens with one attached hydrogen (secondary N) is 1. The predicted octanol–water partition coefficient (Wildman–Crippen LogP) is 5.46. The van der Waals surface area contributed by atoms with Crippen molar-refractivity contribution in [1.82, 2.24) is 5.32 Å². The molecule has 0 radical (unpaired) electrons. The minimum atomic E-state index is -0.657. The highest BCUT2D eigenvalue weighted by atomic mass is 16.3. The van der Waals surface area contributed by atoms with Crippen LogP contribution in [0.4, 0.5) is 0 Å². The lowest BCUT2D eigenvalue weighted by molar-refractivity contribution is 0.0344. The lowest BCUT2D eigenvalue weighted by Crippen LogP contribution is -2.27. The molecule has 0 unspecified atom stereocenters. The Hall–Kier alpha value is -1.16. The van der Waals surface area contributed by atoms with Crippen LogP contribution in [0.3, 0.4) is 0 Å². The quantitative estimate of drug-likeness (QED) is 0.195.